The molecule has 2 heterocycles. The Labute approximate surface area is 110 Å². The van der Waals surface area contributed by atoms with Crippen molar-refractivity contribution in [1.82, 2.24) is 24.9 Å². The molecule has 2 aromatic heterocycles. The Morgan fingerprint density at radius 1 is 1.50 bits per heavy atom. The first kappa shape index (κ1) is 12.6. The van der Waals surface area contributed by atoms with Gasteiger partial charge in [-0.3, -0.25) is 9.48 Å². The predicted octanol–water partition coefficient (Wildman–Crippen LogP) is 1.01. The summed E-state index contributed by atoms with van der Waals surface area (Å²) in [5.74, 6) is -0.152. The first-order valence-corrected chi connectivity index (χ1v) is 5.91. The zero-order chi connectivity index (χ0) is 13.1. The first-order valence-electron chi connectivity index (χ1n) is 5.53. The minimum atomic E-state index is -0.152. The van der Waals surface area contributed by atoms with Crippen LogP contribution in [0.3, 0.4) is 0 Å². The molecule has 0 aliphatic heterocycles. The number of amides is 1. The molecule has 0 aliphatic rings. The zero-order valence-electron chi connectivity index (χ0n) is 10.2. The second kappa shape index (κ2) is 5.22. The summed E-state index contributed by atoms with van der Waals surface area (Å²) in [4.78, 5) is 11.8. The van der Waals surface area contributed by atoms with Crippen molar-refractivity contribution in [2.75, 3.05) is 6.54 Å². The summed E-state index contributed by atoms with van der Waals surface area (Å²) >= 11 is 5.82. The van der Waals surface area contributed by atoms with Gasteiger partial charge in [0.25, 0.3) is 5.91 Å². The standard InChI is InChI=1S/C11H14ClN5O/c1-8-6-17(15-14-8)4-3-13-11(18)10-5-9(12)7-16(10)2/h5-7H,3-4H2,1-2H3,(H,13,18). The molecule has 0 radical (unpaired) electrons. The van der Waals surface area contributed by atoms with Gasteiger partial charge in [0.1, 0.15) is 5.69 Å². The SMILES string of the molecule is Cc1cn(CCNC(=O)c2cc(Cl)cn2C)nn1. The molecule has 0 bridgehead atoms. The van der Waals surface area contributed by atoms with Crippen LogP contribution < -0.4 is 5.32 Å². The number of nitrogens with zero attached hydrogens (tertiary/aromatic N) is 4. The van der Waals surface area contributed by atoms with Crippen molar-refractivity contribution in [3.63, 3.8) is 0 Å². The number of rotatable bonds is 4. The van der Waals surface area contributed by atoms with Crippen molar-refractivity contribution < 1.29 is 4.79 Å². The normalized spacial score (nSPS) is 10.6. The van der Waals surface area contributed by atoms with E-state index in [1.54, 1.807) is 28.6 Å². The molecule has 0 aliphatic carbocycles. The van der Waals surface area contributed by atoms with Gasteiger partial charge in [-0.15, -0.1) is 5.10 Å². The molecule has 2 aromatic rings. The molecular weight excluding hydrogens is 254 g/mol. The minimum Gasteiger partial charge on any atom is -0.349 e. The van der Waals surface area contributed by atoms with E-state index in [9.17, 15) is 4.79 Å². The van der Waals surface area contributed by atoms with Gasteiger partial charge in [-0.05, 0) is 13.0 Å². The number of aromatic nitrogens is 4. The van der Waals surface area contributed by atoms with E-state index in [4.69, 9.17) is 11.6 Å². The third kappa shape index (κ3) is 2.89. The maximum absolute atomic E-state index is 11.8. The first-order chi connectivity index (χ1) is 8.56. The third-order valence-corrected chi connectivity index (χ3v) is 2.69. The highest BCUT2D eigenvalue weighted by molar-refractivity contribution is 6.31. The van der Waals surface area contributed by atoms with Crippen LogP contribution in [0.5, 0.6) is 0 Å². The van der Waals surface area contributed by atoms with E-state index >= 15 is 0 Å². The molecule has 0 fully saturated rings. The lowest BCUT2D eigenvalue weighted by molar-refractivity contribution is 0.0944. The van der Waals surface area contributed by atoms with E-state index in [-0.39, 0.29) is 5.91 Å². The van der Waals surface area contributed by atoms with Gasteiger partial charge in [0.05, 0.1) is 17.3 Å². The van der Waals surface area contributed by atoms with Crippen molar-refractivity contribution in [2.45, 2.75) is 13.5 Å². The van der Waals surface area contributed by atoms with Gasteiger partial charge in [0, 0.05) is 26.0 Å². The Morgan fingerprint density at radius 3 is 2.83 bits per heavy atom. The summed E-state index contributed by atoms with van der Waals surface area (Å²) < 4.78 is 3.38. The Morgan fingerprint density at radius 2 is 2.28 bits per heavy atom. The fourth-order valence-corrected chi connectivity index (χ4v) is 1.88. The van der Waals surface area contributed by atoms with E-state index in [0.717, 1.165) is 5.69 Å². The maximum atomic E-state index is 11.8. The van der Waals surface area contributed by atoms with Crippen LogP contribution in [0.25, 0.3) is 0 Å². The topological polar surface area (TPSA) is 64.7 Å². The Kier molecular flexibility index (Phi) is 3.66. The summed E-state index contributed by atoms with van der Waals surface area (Å²) in [7, 11) is 1.78. The van der Waals surface area contributed by atoms with Gasteiger partial charge >= 0.3 is 0 Å². The van der Waals surface area contributed by atoms with Crippen molar-refractivity contribution >= 4 is 17.5 Å². The summed E-state index contributed by atoms with van der Waals surface area (Å²) in [6.07, 6.45) is 3.52. The Bertz CT molecular complexity index is 560. The molecule has 0 atom stereocenters. The molecule has 18 heavy (non-hydrogen) atoms. The summed E-state index contributed by atoms with van der Waals surface area (Å²) in [6, 6.07) is 1.64. The largest absolute Gasteiger partial charge is 0.349 e. The molecule has 2 rings (SSSR count). The van der Waals surface area contributed by atoms with Gasteiger partial charge in [-0.25, -0.2) is 0 Å². The Hall–Kier alpha value is -1.82. The highest BCUT2D eigenvalue weighted by atomic mass is 35.5. The number of carbonyl (C=O) groups is 1. The van der Waals surface area contributed by atoms with Crippen LogP contribution in [-0.2, 0) is 13.6 Å². The van der Waals surface area contributed by atoms with Crippen LogP contribution >= 0.6 is 11.6 Å². The molecule has 6 nitrogen and oxygen atoms in total. The number of hydrogen-bond acceptors (Lipinski definition) is 3. The minimum absolute atomic E-state index is 0.152. The van der Waals surface area contributed by atoms with E-state index in [0.29, 0.717) is 23.8 Å². The number of hydrogen-bond donors (Lipinski definition) is 1. The van der Waals surface area contributed by atoms with E-state index in [1.807, 2.05) is 13.1 Å². The van der Waals surface area contributed by atoms with Crippen molar-refractivity contribution in [1.29, 1.82) is 0 Å². The molecule has 0 spiro atoms. The number of carbonyl (C=O) groups excluding carboxylic acids is 1. The summed E-state index contributed by atoms with van der Waals surface area (Å²) in [6.45, 7) is 2.95. The molecule has 7 heteroatoms. The lowest BCUT2D eigenvalue weighted by Gasteiger charge is -2.05. The van der Waals surface area contributed by atoms with Gasteiger partial charge < -0.3 is 9.88 Å². The average molecular weight is 268 g/mol. The molecular formula is C11H14ClN5O. The van der Waals surface area contributed by atoms with E-state index < -0.39 is 0 Å². The third-order valence-electron chi connectivity index (χ3n) is 2.48. The second-order valence-electron chi connectivity index (χ2n) is 4.03. The molecule has 1 amide bonds. The molecule has 0 unspecified atom stereocenters. The van der Waals surface area contributed by atoms with Crippen molar-refractivity contribution in [2.24, 2.45) is 7.05 Å². The molecule has 0 saturated heterocycles. The lowest BCUT2D eigenvalue weighted by atomic mass is 10.4. The number of nitrogens with one attached hydrogen (secondary N) is 1. The van der Waals surface area contributed by atoms with E-state index in [2.05, 4.69) is 15.6 Å². The average Bonchev–Trinajstić information content (AvgIpc) is 2.85. The molecule has 1 N–H and O–H groups in total. The molecule has 0 saturated carbocycles. The predicted molar refractivity (Wildman–Crippen MR) is 67.5 cm³/mol. The van der Waals surface area contributed by atoms with Crippen molar-refractivity contribution in [3.05, 3.63) is 34.9 Å². The highest BCUT2D eigenvalue weighted by Crippen LogP contribution is 2.12. The fourth-order valence-electron chi connectivity index (χ4n) is 1.63. The monoisotopic (exact) mass is 267 g/mol. The second-order valence-corrected chi connectivity index (χ2v) is 4.47. The number of aryl methyl sites for hydroxylation is 2. The number of halogens is 1. The highest BCUT2D eigenvalue weighted by Gasteiger charge is 2.10. The van der Waals surface area contributed by atoms with Gasteiger partial charge in [-0.2, -0.15) is 0 Å². The van der Waals surface area contributed by atoms with E-state index in [1.165, 1.54) is 0 Å². The van der Waals surface area contributed by atoms with Gasteiger partial charge in [-0.1, -0.05) is 16.8 Å². The maximum Gasteiger partial charge on any atom is 0.268 e. The van der Waals surface area contributed by atoms with Gasteiger partial charge in [0.2, 0.25) is 0 Å². The van der Waals surface area contributed by atoms with Crippen LogP contribution in [0.2, 0.25) is 5.02 Å². The van der Waals surface area contributed by atoms with Crippen LogP contribution in [0.15, 0.2) is 18.5 Å². The van der Waals surface area contributed by atoms with Crippen LogP contribution in [0.4, 0.5) is 0 Å². The molecule has 0 aromatic carbocycles. The van der Waals surface area contributed by atoms with Gasteiger partial charge in [0.15, 0.2) is 0 Å². The molecule has 96 valence electrons. The lowest BCUT2D eigenvalue weighted by Crippen LogP contribution is -2.28. The summed E-state index contributed by atoms with van der Waals surface area (Å²) in [5.41, 5.74) is 1.39. The quantitative estimate of drug-likeness (QED) is 0.899. The zero-order valence-corrected chi connectivity index (χ0v) is 11.0. The van der Waals surface area contributed by atoms with Crippen LogP contribution in [0.1, 0.15) is 16.2 Å². The van der Waals surface area contributed by atoms with Crippen LogP contribution in [-0.4, -0.2) is 32.0 Å². The fraction of sp³-hybridized carbons (Fsp3) is 0.364. The Balaban J connectivity index is 1.87. The van der Waals surface area contributed by atoms with Crippen LogP contribution in [0, 0.1) is 6.92 Å². The van der Waals surface area contributed by atoms with Crippen molar-refractivity contribution in [3.8, 4) is 0 Å². The smallest absolute Gasteiger partial charge is 0.268 e. The summed E-state index contributed by atoms with van der Waals surface area (Å²) in [5, 5.41) is 11.1.